The van der Waals surface area contributed by atoms with E-state index in [1.165, 1.54) is 0 Å². The van der Waals surface area contributed by atoms with E-state index in [-0.39, 0.29) is 18.1 Å². The van der Waals surface area contributed by atoms with Crippen LogP contribution in [0.25, 0.3) is 0 Å². The molecule has 1 heterocycles. The molecular formula is C23H26ClN3O3. The van der Waals surface area contributed by atoms with Gasteiger partial charge in [0.1, 0.15) is 0 Å². The molecule has 30 heavy (non-hydrogen) atoms. The van der Waals surface area contributed by atoms with Crippen molar-refractivity contribution in [2.24, 2.45) is 0 Å². The molecule has 1 unspecified atom stereocenters. The van der Waals surface area contributed by atoms with Crippen molar-refractivity contribution in [3.8, 4) is 11.5 Å². The molecule has 0 bridgehead atoms. The van der Waals surface area contributed by atoms with Crippen molar-refractivity contribution in [3.05, 3.63) is 76.6 Å². The third-order valence-electron chi connectivity index (χ3n) is 4.58. The summed E-state index contributed by atoms with van der Waals surface area (Å²) in [5.74, 6) is 1.11. The third-order valence-corrected chi connectivity index (χ3v) is 4.95. The first-order chi connectivity index (χ1) is 14.4. The van der Waals surface area contributed by atoms with E-state index in [1.54, 1.807) is 24.2 Å². The van der Waals surface area contributed by atoms with Crippen molar-refractivity contribution in [2.45, 2.75) is 39.5 Å². The highest BCUT2D eigenvalue weighted by molar-refractivity contribution is 6.31. The number of carbonyl (C=O) groups excluding carboxylic acids is 1. The Kier molecular flexibility index (Phi) is 7.00. The maximum Gasteiger partial charge on any atom is 0.254 e. The molecule has 0 saturated heterocycles. The molecule has 6 nitrogen and oxygen atoms in total. The van der Waals surface area contributed by atoms with Crippen LogP contribution in [0.15, 0.2) is 54.9 Å². The van der Waals surface area contributed by atoms with E-state index in [4.69, 9.17) is 21.1 Å². The average molecular weight is 428 g/mol. The highest BCUT2D eigenvalue weighted by atomic mass is 35.5. The molecule has 3 aromatic rings. The van der Waals surface area contributed by atoms with Crippen molar-refractivity contribution in [1.82, 2.24) is 15.1 Å². The molecule has 0 spiro atoms. The zero-order chi connectivity index (χ0) is 21.7. The first-order valence-corrected chi connectivity index (χ1v) is 10.2. The van der Waals surface area contributed by atoms with E-state index >= 15 is 0 Å². The maximum absolute atomic E-state index is 12.7. The van der Waals surface area contributed by atoms with E-state index in [2.05, 4.69) is 10.4 Å². The third kappa shape index (κ3) is 5.33. The molecule has 0 radical (unpaired) electrons. The number of carbonyl (C=O) groups is 1. The van der Waals surface area contributed by atoms with Crippen LogP contribution in [0.3, 0.4) is 0 Å². The van der Waals surface area contributed by atoms with Crippen LogP contribution in [-0.4, -0.2) is 28.9 Å². The quantitative estimate of drug-likeness (QED) is 0.556. The van der Waals surface area contributed by atoms with Gasteiger partial charge in [-0.3, -0.25) is 9.48 Å². The number of rotatable bonds is 8. The summed E-state index contributed by atoms with van der Waals surface area (Å²) >= 11 is 6.20. The summed E-state index contributed by atoms with van der Waals surface area (Å²) in [5, 5.41) is 7.95. The lowest BCUT2D eigenvalue weighted by atomic mass is 10.1. The van der Waals surface area contributed by atoms with Crippen LogP contribution in [0.5, 0.6) is 11.5 Å². The number of nitrogens with zero attached hydrogens (tertiary/aromatic N) is 2. The first kappa shape index (κ1) is 21.7. The molecule has 1 amide bonds. The highest BCUT2D eigenvalue weighted by Crippen LogP contribution is 2.31. The van der Waals surface area contributed by atoms with Gasteiger partial charge >= 0.3 is 0 Å². The summed E-state index contributed by atoms with van der Waals surface area (Å²) in [7, 11) is 1.60. The molecule has 0 saturated carbocycles. The Morgan fingerprint density at radius 1 is 1.17 bits per heavy atom. The monoisotopic (exact) mass is 427 g/mol. The SMILES string of the molecule is COc1cc(C(C)NC(=O)c2cnn(Cc3ccccc3Cl)c2)ccc1OC(C)C. The van der Waals surface area contributed by atoms with Gasteiger partial charge in [0.15, 0.2) is 11.5 Å². The summed E-state index contributed by atoms with van der Waals surface area (Å²) in [6, 6.07) is 13.0. The van der Waals surface area contributed by atoms with Gasteiger partial charge in [0, 0.05) is 11.2 Å². The lowest BCUT2D eigenvalue weighted by Gasteiger charge is -2.18. The second-order valence-corrected chi connectivity index (χ2v) is 7.70. The summed E-state index contributed by atoms with van der Waals surface area (Å²) < 4.78 is 12.9. The van der Waals surface area contributed by atoms with Gasteiger partial charge in [0.25, 0.3) is 5.91 Å². The number of ether oxygens (including phenoxy) is 2. The standard InChI is InChI=1S/C23H26ClN3O3/c1-15(2)30-21-10-9-17(11-22(21)29-4)16(3)26-23(28)19-12-25-27(14-19)13-18-7-5-6-8-20(18)24/h5-12,14-16H,13H2,1-4H3,(H,26,28). The molecule has 158 valence electrons. The normalized spacial score (nSPS) is 11.9. The predicted molar refractivity (Wildman–Crippen MR) is 117 cm³/mol. The van der Waals surface area contributed by atoms with E-state index in [9.17, 15) is 4.79 Å². The van der Waals surface area contributed by atoms with Crippen LogP contribution in [0.1, 0.15) is 48.3 Å². The fourth-order valence-corrected chi connectivity index (χ4v) is 3.23. The predicted octanol–water partition coefficient (Wildman–Crippen LogP) is 4.87. The molecule has 0 fully saturated rings. The van der Waals surface area contributed by atoms with Gasteiger partial charge in [-0.05, 0) is 50.1 Å². The number of halogens is 1. The Morgan fingerprint density at radius 3 is 2.63 bits per heavy atom. The highest BCUT2D eigenvalue weighted by Gasteiger charge is 2.16. The average Bonchev–Trinajstić information content (AvgIpc) is 3.18. The maximum atomic E-state index is 12.7. The minimum absolute atomic E-state index is 0.0455. The van der Waals surface area contributed by atoms with Crippen LogP contribution in [0.2, 0.25) is 5.02 Å². The minimum atomic E-state index is -0.216. The van der Waals surface area contributed by atoms with Gasteiger partial charge < -0.3 is 14.8 Å². The number of hydrogen-bond donors (Lipinski definition) is 1. The van der Waals surface area contributed by atoms with Gasteiger partial charge in [-0.1, -0.05) is 35.9 Å². The molecule has 1 aromatic heterocycles. The fourth-order valence-electron chi connectivity index (χ4n) is 3.04. The van der Waals surface area contributed by atoms with E-state index in [0.717, 1.165) is 11.1 Å². The zero-order valence-electron chi connectivity index (χ0n) is 17.6. The molecule has 0 aliphatic carbocycles. The summed E-state index contributed by atoms with van der Waals surface area (Å²) in [4.78, 5) is 12.7. The lowest BCUT2D eigenvalue weighted by molar-refractivity contribution is 0.0939. The van der Waals surface area contributed by atoms with Crippen molar-refractivity contribution in [1.29, 1.82) is 0 Å². The second-order valence-electron chi connectivity index (χ2n) is 7.29. The van der Waals surface area contributed by atoms with Crippen molar-refractivity contribution >= 4 is 17.5 Å². The summed E-state index contributed by atoms with van der Waals surface area (Å²) in [6.07, 6.45) is 3.31. The number of aromatic nitrogens is 2. The number of nitrogens with one attached hydrogen (secondary N) is 1. The van der Waals surface area contributed by atoms with Gasteiger partial charge in [0.2, 0.25) is 0 Å². The van der Waals surface area contributed by atoms with Gasteiger partial charge in [-0.25, -0.2) is 0 Å². The lowest BCUT2D eigenvalue weighted by Crippen LogP contribution is -2.26. The number of benzene rings is 2. The smallest absolute Gasteiger partial charge is 0.254 e. The van der Waals surface area contributed by atoms with Gasteiger partial charge in [-0.15, -0.1) is 0 Å². The van der Waals surface area contributed by atoms with Gasteiger partial charge in [0.05, 0.1) is 37.6 Å². The Hall–Kier alpha value is -2.99. The molecule has 1 atom stereocenters. The number of hydrogen-bond acceptors (Lipinski definition) is 4. The largest absolute Gasteiger partial charge is 0.493 e. The molecule has 7 heteroatoms. The summed E-state index contributed by atoms with van der Waals surface area (Å²) in [6.45, 7) is 6.34. The topological polar surface area (TPSA) is 65.4 Å². The van der Waals surface area contributed by atoms with Crippen molar-refractivity contribution < 1.29 is 14.3 Å². The van der Waals surface area contributed by atoms with Crippen LogP contribution in [-0.2, 0) is 6.54 Å². The zero-order valence-corrected chi connectivity index (χ0v) is 18.3. The van der Waals surface area contributed by atoms with Crippen LogP contribution >= 0.6 is 11.6 Å². The Balaban J connectivity index is 1.67. The molecule has 0 aliphatic rings. The molecule has 1 N–H and O–H groups in total. The van der Waals surface area contributed by atoms with Crippen LogP contribution in [0.4, 0.5) is 0 Å². The molecular weight excluding hydrogens is 402 g/mol. The van der Waals surface area contributed by atoms with E-state index in [1.807, 2.05) is 63.2 Å². The Labute approximate surface area is 181 Å². The Bertz CT molecular complexity index is 1020. The second kappa shape index (κ2) is 9.67. The minimum Gasteiger partial charge on any atom is -0.493 e. The first-order valence-electron chi connectivity index (χ1n) is 9.78. The van der Waals surface area contributed by atoms with E-state index < -0.39 is 0 Å². The Morgan fingerprint density at radius 2 is 1.93 bits per heavy atom. The fraction of sp³-hybridized carbons (Fsp3) is 0.304. The summed E-state index contributed by atoms with van der Waals surface area (Å²) in [5.41, 5.74) is 2.35. The van der Waals surface area contributed by atoms with Gasteiger partial charge in [-0.2, -0.15) is 5.10 Å². The van der Waals surface area contributed by atoms with Crippen LogP contribution in [0, 0.1) is 0 Å². The van der Waals surface area contributed by atoms with Crippen molar-refractivity contribution in [2.75, 3.05) is 7.11 Å². The number of amides is 1. The molecule has 3 rings (SSSR count). The number of methoxy groups -OCH3 is 1. The van der Waals surface area contributed by atoms with E-state index in [0.29, 0.717) is 28.6 Å². The molecule has 0 aliphatic heterocycles. The van der Waals surface area contributed by atoms with Crippen LogP contribution < -0.4 is 14.8 Å². The van der Waals surface area contributed by atoms with Crippen molar-refractivity contribution in [3.63, 3.8) is 0 Å². The molecule has 2 aromatic carbocycles.